The molecule has 0 spiro atoms. The molecule has 0 radical (unpaired) electrons. The molecule has 0 aliphatic carbocycles. The Morgan fingerprint density at radius 2 is 2.19 bits per heavy atom. The van der Waals surface area contributed by atoms with E-state index < -0.39 is 8.07 Å². The summed E-state index contributed by atoms with van der Waals surface area (Å²) < 4.78 is 7.64. The molecule has 2 aromatic rings. The maximum atomic E-state index is 9.19. The predicted octanol–water partition coefficient (Wildman–Crippen LogP) is 3.34. The highest BCUT2D eigenvalue weighted by atomic mass is 32.2. The van der Waals surface area contributed by atoms with Gasteiger partial charge in [-0.05, 0) is 12.3 Å². The van der Waals surface area contributed by atoms with Gasteiger partial charge < -0.3 is 9.30 Å². The summed E-state index contributed by atoms with van der Waals surface area (Å²) >= 11 is 1.49. The molecule has 0 fully saturated rings. The fraction of sp³-hybridized carbons (Fsp3) is 0.500. The van der Waals surface area contributed by atoms with Crippen LogP contribution in [0.1, 0.15) is 5.56 Å². The van der Waals surface area contributed by atoms with Crippen LogP contribution in [0.25, 0.3) is 11.0 Å². The Hall–Kier alpha value is -1.36. The third-order valence-corrected chi connectivity index (χ3v) is 5.39. The molecule has 0 aromatic carbocycles. The normalized spacial score (nSPS) is 11.8. The topological polar surface area (TPSA) is 63.7 Å². The van der Waals surface area contributed by atoms with E-state index in [-0.39, 0.29) is 0 Å². The van der Waals surface area contributed by atoms with E-state index in [0.717, 1.165) is 23.7 Å². The van der Waals surface area contributed by atoms with Crippen LogP contribution in [0.5, 0.6) is 0 Å². The second-order valence-electron chi connectivity index (χ2n) is 6.07. The predicted molar refractivity (Wildman–Crippen MR) is 88.1 cm³/mol. The first-order valence-electron chi connectivity index (χ1n) is 6.82. The van der Waals surface area contributed by atoms with Crippen LogP contribution in [0.2, 0.25) is 25.7 Å². The molecule has 2 aromatic heterocycles. The highest BCUT2D eigenvalue weighted by molar-refractivity contribution is 7.98. The molecule has 112 valence electrons. The Balaban J connectivity index is 2.17. The molecule has 0 saturated carbocycles. The Morgan fingerprint density at radius 1 is 1.43 bits per heavy atom. The van der Waals surface area contributed by atoms with Crippen molar-refractivity contribution in [1.29, 1.82) is 5.26 Å². The van der Waals surface area contributed by atoms with Crippen LogP contribution in [-0.2, 0) is 11.5 Å². The highest BCUT2D eigenvalue weighted by Crippen LogP contribution is 2.21. The van der Waals surface area contributed by atoms with Crippen LogP contribution in [0, 0.1) is 11.3 Å². The molecule has 2 rings (SSSR count). The zero-order chi connectivity index (χ0) is 15.5. The maximum Gasteiger partial charge on any atom is 0.189 e. The van der Waals surface area contributed by atoms with Crippen LogP contribution in [-0.4, -0.2) is 35.5 Å². The molecule has 0 saturated heterocycles. The van der Waals surface area contributed by atoms with Crippen molar-refractivity contribution in [1.82, 2.24) is 14.5 Å². The number of aromatic nitrogens is 3. The van der Waals surface area contributed by atoms with Crippen molar-refractivity contribution in [2.45, 2.75) is 37.6 Å². The number of nitriles is 1. The van der Waals surface area contributed by atoms with Gasteiger partial charge in [-0.2, -0.15) is 5.26 Å². The third-order valence-electron chi connectivity index (χ3n) is 3.12. The monoisotopic (exact) mass is 320 g/mol. The number of hydrogen-bond acceptors (Lipinski definition) is 5. The summed E-state index contributed by atoms with van der Waals surface area (Å²) in [6, 6.07) is 3.31. The van der Waals surface area contributed by atoms with Crippen LogP contribution in [0.15, 0.2) is 17.6 Å². The molecule has 0 bridgehead atoms. The third kappa shape index (κ3) is 4.06. The zero-order valence-electron chi connectivity index (χ0n) is 12.9. The van der Waals surface area contributed by atoms with Crippen molar-refractivity contribution >= 4 is 30.9 Å². The molecule has 0 amide bonds. The first kappa shape index (κ1) is 16.0. The van der Waals surface area contributed by atoms with Crippen LogP contribution < -0.4 is 0 Å². The molecule has 0 atom stereocenters. The SMILES string of the molecule is CSc1ncc2c(C#N)cn(COCC[Si](C)(C)C)c2n1. The van der Waals surface area contributed by atoms with Crippen molar-refractivity contribution < 1.29 is 4.74 Å². The highest BCUT2D eigenvalue weighted by Gasteiger charge is 2.14. The van der Waals surface area contributed by atoms with E-state index in [2.05, 4.69) is 35.7 Å². The fourth-order valence-corrected chi connectivity index (χ4v) is 2.97. The largest absolute Gasteiger partial charge is 0.361 e. The Kier molecular flexibility index (Phi) is 5.03. The second-order valence-corrected chi connectivity index (χ2v) is 12.5. The number of nitrogens with zero attached hydrogens (tertiary/aromatic N) is 4. The molecular weight excluding hydrogens is 300 g/mol. The lowest BCUT2D eigenvalue weighted by atomic mass is 10.3. The van der Waals surface area contributed by atoms with Crippen LogP contribution in [0.3, 0.4) is 0 Å². The number of thioether (sulfide) groups is 1. The van der Waals surface area contributed by atoms with E-state index in [9.17, 15) is 5.26 Å². The number of hydrogen-bond donors (Lipinski definition) is 0. The van der Waals surface area contributed by atoms with Gasteiger partial charge in [-0.15, -0.1) is 0 Å². The molecule has 21 heavy (non-hydrogen) atoms. The molecular formula is C14H20N4OSSi. The first-order valence-corrected chi connectivity index (χ1v) is 11.8. The maximum absolute atomic E-state index is 9.19. The lowest BCUT2D eigenvalue weighted by Crippen LogP contribution is -2.22. The smallest absolute Gasteiger partial charge is 0.189 e. The van der Waals surface area contributed by atoms with Crippen molar-refractivity contribution in [2.24, 2.45) is 0 Å². The van der Waals surface area contributed by atoms with Crippen molar-refractivity contribution in [3.05, 3.63) is 18.0 Å². The molecule has 0 aliphatic rings. The van der Waals surface area contributed by atoms with Gasteiger partial charge in [-0.25, -0.2) is 9.97 Å². The Labute approximate surface area is 130 Å². The van der Waals surface area contributed by atoms with E-state index in [4.69, 9.17) is 4.74 Å². The zero-order valence-corrected chi connectivity index (χ0v) is 14.7. The minimum Gasteiger partial charge on any atom is -0.361 e. The number of ether oxygens (including phenoxy) is 1. The summed E-state index contributed by atoms with van der Waals surface area (Å²) in [4.78, 5) is 8.71. The van der Waals surface area contributed by atoms with Gasteiger partial charge in [0.25, 0.3) is 0 Å². The van der Waals surface area contributed by atoms with Gasteiger partial charge in [0.05, 0.1) is 10.9 Å². The molecule has 0 aliphatic heterocycles. The lowest BCUT2D eigenvalue weighted by Gasteiger charge is -2.15. The summed E-state index contributed by atoms with van der Waals surface area (Å²) in [7, 11) is -1.08. The van der Waals surface area contributed by atoms with Gasteiger partial charge in [0, 0.05) is 27.1 Å². The minimum absolute atomic E-state index is 0.424. The van der Waals surface area contributed by atoms with E-state index in [1.54, 1.807) is 12.4 Å². The first-order chi connectivity index (χ1) is 9.94. The standard InChI is InChI=1S/C14H20N4OSSi/c1-20-14-16-8-12-11(7-15)9-18(13(12)17-14)10-19-5-6-21(2,3)4/h8-9H,5-6,10H2,1-4H3. The van der Waals surface area contributed by atoms with Gasteiger partial charge >= 0.3 is 0 Å². The lowest BCUT2D eigenvalue weighted by molar-refractivity contribution is 0.0898. The van der Waals surface area contributed by atoms with Gasteiger partial charge in [0.15, 0.2) is 5.16 Å². The quantitative estimate of drug-likeness (QED) is 0.353. The molecule has 5 nitrogen and oxygen atoms in total. The van der Waals surface area contributed by atoms with Gasteiger partial charge in [0.1, 0.15) is 18.4 Å². The Morgan fingerprint density at radius 3 is 2.81 bits per heavy atom. The molecule has 7 heteroatoms. The van der Waals surface area contributed by atoms with E-state index in [0.29, 0.717) is 17.5 Å². The summed E-state index contributed by atoms with van der Waals surface area (Å²) in [5.74, 6) is 0. The van der Waals surface area contributed by atoms with Crippen molar-refractivity contribution in [3.63, 3.8) is 0 Å². The van der Waals surface area contributed by atoms with Crippen LogP contribution >= 0.6 is 11.8 Å². The number of rotatable bonds is 6. The van der Waals surface area contributed by atoms with E-state index >= 15 is 0 Å². The van der Waals surface area contributed by atoms with E-state index in [1.165, 1.54) is 11.8 Å². The fourth-order valence-electron chi connectivity index (χ4n) is 1.88. The summed E-state index contributed by atoms with van der Waals surface area (Å²) in [6.45, 7) is 8.15. The summed E-state index contributed by atoms with van der Waals surface area (Å²) in [6.07, 6.45) is 5.44. The molecule has 2 heterocycles. The average Bonchev–Trinajstić information content (AvgIpc) is 2.79. The van der Waals surface area contributed by atoms with Gasteiger partial charge in [-0.1, -0.05) is 31.4 Å². The van der Waals surface area contributed by atoms with Crippen molar-refractivity contribution in [2.75, 3.05) is 12.9 Å². The van der Waals surface area contributed by atoms with Gasteiger partial charge in [0.2, 0.25) is 0 Å². The average molecular weight is 320 g/mol. The summed E-state index contributed by atoms with van der Waals surface area (Å²) in [5, 5.41) is 10.7. The Bertz CT molecular complexity index is 672. The van der Waals surface area contributed by atoms with Crippen LogP contribution in [0.4, 0.5) is 0 Å². The number of fused-ring (bicyclic) bond motifs is 1. The van der Waals surface area contributed by atoms with Crippen molar-refractivity contribution in [3.8, 4) is 6.07 Å². The summed E-state index contributed by atoms with van der Waals surface area (Å²) in [5.41, 5.74) is 1.35. The van der Waals surface area contributed by atoms with Gasteiger partial charge in [-0.3, -0.25) is 0 Å². The second kappa shape index (κ2) is 6.60. The minimum atomic E-state index is -1.08. The molecule has 0 N–H and O–H groups in total. The molecule has 0 unspecified atom stereocenters. The van der Waals surface area contributed by atoms with E-state index in [1.807, 2.05) is 10.8 Å².